The summed E-state index contributed by atoms with van der Waals surface area (Å²) < 4.78 is 0. The Morgan fingerprint density at radius 2 is 1.33 bits per heavy atom. The lowest BCUT2D eigenvalue weighted by Crippen LogP contribution is -1.97. The maximum Gasteiger partial charge on any atom is 0.303 e. The monoisotopic (exact) mass is 305 g/mol. The third-order valence-corrected chi connectivity index (χ3v) is 2.67. The van der Waals surface area contributed by atoms with Crippen molar-refractivity contribution in [3.05, 3.63) is 4.91 Å². The molecule has 0 aromatic heterocycles. The Bertz CT molecular complexity index is 254. The van der Waals surface area contributed by atoms with Crippen molar-refractivity contribution in [3.8, 4) is 0 Å². The maximum atomic E-state index is 9.90. The number of carbonyl (C=O) groups is 2. The molecule has 0 aromatic carbocycles. The largest absolute Gasteiger partial charge is 0.481 e. The topological polar surface area (TPSA) is 113 Å². The van der Waals surface area contributed by atoms with Gasteiger partial charge in [-0.15, -0.1) is 4.91 Å². The predicted octanol–water partition coefficient (Wildman–Crippen LogP) is 3.76. The highest BCUT2D eigenvalue weighted by atomic mass is 16.7. The van der Waals surface area contributed by atoms with Crippen LogP contribution in [0.1, 0.15) is 71.1 Å². The van der Waals surface area contributed by atoms with Gasteiger partial charge in [0.1, 0.15) is 6.61 Å². The van der Waals surface area contributed by atoms with E-state index in [2.05, 4.69) is 17.1 Å². The highest BCUT2D eigenvalue weighted by Crippen LogP contribution is 2.04. The van der Waals surface area contributed by atoms with E-state index in [4.69, 9.17) is 10.2 Å². The van der Waals surface area contributed by atoms with Gasteiger partial charge in [0, 0.05) is 12.8 Å². The number of unbranched alkanes of at least 4 members (excludes halogenated alkanes) is 6. The van der Waals surface area contributed by atoms with Gasteiger partial charge in [0.05, 0.1) is 0 Å². The summed E-state index contributed by atoms with van der Waals surface area (Å²) in [5, 5.41) is 18.6. The van der Waals surface area contributed by atoms with Crippen molar-refractivity contribution >= 4 is 11.9 Å². The zero-order chi connectivity index (χ0) is 16.3. The average Bonchev–Trinajstić information content (AvgIpc) is 2.43. The number of carboxylic acids is 2. The minimum absolute atomic E-state index is 0.0628. The van der Waals surface area contributed by atoms with E-state index in [1.165, 1.54) is 25.7 Å². The second kappa shape index (κ2) is 18.3. The minimum Gasteiger partial charge on any atom is -0.481 e. The molecule has 0 fully saturated rings. The first-order valence-electron chi connectivity index (χ1n) is 7.42. The Kier molecular flexibility index (Phi) is 18.9. The molecular weight excluding hydrogens is 278 g/mol. The van der Waals surface area contributed by atoms with Crippen molar-refractivity contribution in [2.75, 3.05) is 6.61 Å². The van der Waals surface area contributed by atoms with Gasteiger partial charge in [-0.3, -0.25) is 9.59 Å². The first-order chi connectivity index (χ1) is 10.0. The van der Waals surface area contributed by atoms with Crippen LogP contribution in [0, 0.1) is 4.91 Å². The van der Waals surface area contributed by atoms with Crippen LogP contribution in [0.3, 0.4) is 0 Å². The van der Waals surface area contributed by atoms with Crippen LogP contribution >= 0.6 is 0 Å². The first kappa shape index (κ1) is 21.6. The summed E-state index contributed by atoms with van der Waals surface area (Å²) in [5.74, 6) is -1.74. The highest BCUT2D eigenvalue weighted by Gasteiger charge is 1.99. The lowest BCUT2D eigenvalue weighted by Gasteiger charge is -1.97. The van der Waals surface area contributed by atoms with E-state index in [1.807, 2.05) is 0 Å². The van der Waals surface area contributed by atoms with Crippen LogP contribution in [-0.2, 0) is 14.4 Å². The lowest BCUT2D eigenvalue weighted by molar-refractivity contribution is -0.139. The molecule has 0 amide bonds. The summed E-state index contributed by atoms with van der Waals surface area (Å²) in [6.45, 7) is 2.68. The molecule has 0 saturated carbocycles. The molecule has 7 nitrogen and oxygen atoms in total. The summed E-state index contributed by atoms with van der Waals surface area (Å²) >= 11 is 0. The molecular formula is C14H27NO6. The van der Waals surface area contributed by atoms with E-state index in [9.17, 15) is 14.5 Å². The third kappa shape index (κ3) is 27.5. The molecule has 0 aliphatic carbocycles. The molecule has 21 heavy (non-hydrogen) atoms. The zero-order valence-electron chi connectivity index (χ0n) is 12.8. The molecule has 0 saturated heterocycles. The van der Waals surface area contributed by atoms with Crippen LogP contribution < -0.4 is 0 Å². The van der Waals surface area contributed by atoms with Gasteiger partial charge in [0.2, 0.25) is 0 Å². The van der Waals surface area contributed by atoms with Crippen LogP contribution in [0.4, 0.5) is 0 Å². The van der Waals surface area contributed by atoms with Crippen molar-refractivity contribution in [1.82, 2.24) is 0 Å². The molecule has 0 radical (unpaired) electrons. The van der Waals surface area contributed by atoms with Crippen molar-refractivity contribution in [3.63, 3.8) is 0 Å². The van der Waals surface area contributed by atoms with Gasteiger partial charge in [0.25, 0.3) is 0 Å². The Morgan fingerprint density at radius 3 is 1.76 bits per heavy atom. The second-order valence-corrected chi connectivity index (χ2v) is 4.67. The van der Waals surface area contributed by atoms with Crippen molar-refractivity contribution in [1.29, 1.82) is 0 Å². The fraction of sp³-hybridized carbons (Fsp3) is 0.857. The summed E-state index contributed by atoms with van der Waals surface area (Å²) in [4.78, 5) is 33.6. The van der Waals surface area contributed by atoms with Gasteiger partial charge in [-0.2, -0.15) is 0 Å². The van der Waals surface area contributed by atoms with Crippen molar-refractivity contribution < 1.29 is 24.6 Å². The van der Waals surface area contributed by atoms with Crippen LogP contribution in [0.15, 0.2) is 5.34 Å². The maximum absolute atomic E-state index is 9.90. The molecule has 2 N–H and O–H groups in total. The van der Waals surface area contributed by atoms with Crippen LogP contribution in [0.25, 0.3) is 0 Å². The van der Waals surface area contributed by atoms with E-state index in [1.54, 1.807) is 0 Å². The number of hydrogen-bond donors (Lipinski definition) is 2. The molecule has 0 aliphatic rings. The van der Waals surface area contributed by atoms with E-state index in [0.29, 0.717) is 19.4 Å². The second-order valence-electron chi connectivity index (χ2n) is 4.67. The van der Waals surface area contributed by atoms with Gasteiger partial charge in [-0.05, 0) is 25.7 Å². The Morgan fingerprint density at radius 1 is 0.857 bits per heavy atom. The fourth-order valence-corrected chi connectivity index (χ4v) is 1.54. The molecule has 0 bridgehead atoms. The standard InChI is InChI=1S/C8H17NO2.C6H10O4/c1-2-3-4-5-6-7-8-11-9-10;7-5(8)3-1-2-4-6(9)10/h2-8H2,1H3;1-4H2,(H,7,8)(H,9,10). The Balaban J connectivity index is 0. The van der Waals surface area contributed by atoms with Gasteiger partial charge >= 0.3 is 11.9 Å². The smallest absolute Gasteiger partial charge is 0.303 e. The third-order valence-electron chi connectivity index (χ3n) is 2.67. The number of carboxylic acid groups (broad SMARTS) is 2. The minimum atomic E-state index is -0.870. The SMILES string of the molecule is CCCCCCCCON=O.O=C(O)CCCCC(=O)O. The van der Waals surface area contributed by atoms with Crippen LogP contribution in [0.5, 0.6) is 0 Å². The van der Waals surface area contributed by atoms with Crippen LogP contribution in [0.2, 0.25) is 0 Å². The summed E-state index contributed by atoms with van der Waals surface area (Å²) in [6.07, 6.45) is 8.25. The van der Waals surface area contributed by atoms with E-state index >= 15 is 0 Å². The molecule has 0 aromatic rings. The number of rotatable bonds is 13. The van der Waals surface area contributed by atoms with E-state index < -0.39 is 11.9 Å². The fourth-order valence-electron chi connectivity index (χ4n) is 1.54. The normalized spacial score (nSPS) is 9.38. The number of nitrogens with zero attached hydrogens (tertiary/aromatic N) is 1. The van der Waals surface area contributed by atoms with Gasteiger partial charge in [0.15, 0.2) is 5.34 Å². The predicted molar refractivity (Wildman–Crippen MR) is 78.9 cm³/mol. The lowest BCUT2D eigenvalue weighted by atomic mass is 10.1. The zero-order valence-corrected chi connectivity index (χ0v) is 12.8. The first-order valence-corrected chi connectivity index (χ1v) is 7.42. The molecule has 0 atom stereocenters. The van der Waals surface area contributed by atoms with Gasteiger partial charge in [-0.25, -0.2) is 0 Å². The van der Waals surface area contributed by atoms with Gasteiger partial charge < -0.3 is 15.1 Å². The number of hydrogen-bond acceptors (Lipinski definition) is 5. The molecule has 0 spiro atoms. The Labute approximate surface area is 125 Å². The molecule has 0 unspecified atom stereocenters. The van der Waals surface area contributed by atoms with E-state index in [0.717, 1.165) is 12.8 Å². The average molecular weight is 305 g/mol. The molecule has 0 aliphatic heterocycles. The van der Waals surface area contributed by atoms with Gasteiger partial charge in [-0.1, -0.05) is 32.6 Å². The highest BCUT2D eigenvalue weighted by molar-refractivity contribution is 5.67. The van der Waals surface area contributed by atoms with Crippen molar-refractivity contribution in [2.24, 2.45) is 5.34 Å². The molecule has 0 heterocycles. The summed E-state index contributed by atoms with van der Waals surface area (Å²) in [5.41, 5.74) is 0. The summed E-state index contributed by atoms with van der Waals surface area (Å²) in [6, 6.07) is 0. The van der Waals surface area contributed by atoms with Crippen LogP contribution in [-0.4, -0.2) is 28.8 Å². The van der Waals surface area contributed by atoms with Crippen molar-refractivity contribution in [2.45, 2.75) is 71.1 Å². The number of aliphatic carboxylic acids is 2. The summed E-state index contributed by atoms with van der Waals surface area (Å²) in [7, 11) is 0. The Hall–Kier alpha value is -1.66. The quantitative estimate of drug-likeness (QED) is 0.304. The van der Waals surface area contributed by atoms with E-state index in [-0.39, 0.29) is 12.8 Å². The molecule has 7 heteroatoms. The molecule has 0 rings (SSSR count). The molecule has 124 valence electrons.